The summed E-state index contributed by atoms with van der Waals surface area (Å²) in [6, 6.07) is 1.48. The molecular formula is C14H15F3N2O2. The van der Waals surface area contributed by atoms with Crippen molar-refractivity contribution in [3.8, 4) is 0 Å². The average Bonchev–Trinajstić information content (AvgIpc) is 2.47. The molecule has 0 aliphatic carbocycles. The van der Waals surface area contributed by atoms with Crippen molar-refractivity contribution in [3.63, 3.8) is 0 Å². The van der Waals surface area contributed by atoms with E-state index in [0.717, 1.165) is 25.3 Å². The summed E-state index contributed by atoms with van der Waals surface area (Å²) in [5.74, 6) is -6.43. The maximum atomic E-state index is 13.5. The van der Waals surface area contributed by atoms with Gasteiger partial charge in [0, 0.05) is 12.6 Å². The van der Waals surface area contributed by atoms with Gasteiger partial charge >= 0.3 is 11.8 Å². The van der Waals surface area contributed by atoms with Crippen LogP contribution in [-0.2, 0) is 9.59 Å². The zero-order valence-electron chi connectivity index (χ0n) is 11.5. The van der Waals surface area contributed by atoms with E-state index in [1.807, 2.05) is 12.2 Å². The topological polar surface area (TPSA) is 49.4 Å². The summed E-state index contributed by atoms with van der Waals surface area (Å²) in [5, 5.41) is 1.98. The van der Waals surface area contributed by atoms with Crippen LogP contribution in [0.3, 0.4) is 0 Å². The Hall–Kier alpha value is -2.05. The molecule has 1 aliphatic rings. The molecular weight excluding hydrogens is 285 g/mol. The van der Waals surface area contributed by atoms with Crippen molar-refractivity contribution in [2.24, 2.45) is 0 Å². The molecule has 0 saturated carbocycles. The highest BCUT2D eigenvalue weighted by Gasteiger charge is 2.29. The molecule has 1 aliphatic heterocycles. The van der Waals surface area contributed by atoms with Crippen molar-refractivity contribution in [2.45, 2.75) is 32.2 Å². The number of nitrogens with one attached hydrogen (secondary N) is 1. The third-order valence-electron chi connectivity index (χ3n) is 3.54. The molecule has 1 saturated heterocycles. The summed E-state index contributed by atoms with van der Waals surface area (Å²) in [4.78, 5) is 25.2. The molecule has 2 amide bonds. The standard InChI is InChI=1S/C14H15F3N2O2/c1-8-4-2-3-7-19(8)14(21)13(20)18-10-6-5-9(15)11(16)12(10)17/h5-6,8H,2-4,7H2,1H3,(H,18,20). The molecule has 1 fully saturated rings. The van der Waals surface area contributed by atoms with Crippen LogP contribution in [0, 0.1) is 17.5 Å². The molecule has 0 aromatic heterocycles. The molecule has 0 spiro atoms. The monoisotopic (exact) mass is 300 g/mol. The minimum atomic E-state index is -1.69. The molecule has 7 heteroatoms. The van der Waals surface area contributed by atoms with E-state index < -0.39 is 35.0 Å². The van der Waals surface area contributed by atoms with E-state index in [2.05, 4.69) is 0 Å². The Labute approximate surface area is 119 Å². The van der Waals surface area contributed by atoms with E-state index in [1.54, 1.807) is 0 Å². The Kier molecular flexibility index (Phi) is 4.50. The van der Waals surface area contributed by atoms with Crippen molar-refractivity contribution >= 4 is 17.5 Å². The number of piperidine rings is 1. The van der Waals surface area contributed by atoms with Crippen molar-refractivity contribution in [1.82, 2.24) is 4.90 Å². The first kappa shape index (κ1) is 15.3. The van der Waals surface area contributed by atoms with Gasteiger partial charge in [-0.15, -0.1) is 0 Å². The SMILES string of the molecule is CC1CCCCN1C(=O)C(=O)Nc1ccc(F)c(F)c1F. The maximum absolute atomic E-state index is 13.5. The molecule has 4 nitrogen and oxygen atoms in total. The van der Waals surface area contributed by atoms with Crippen LogP contribution in [-0.4, -0.2) is 29.3 Å². The van der Waals surface area contributed by atoms with Crippen LogP contribution in [0.15, 0.2) is 12.1 Å². The largest absolute Gasteiger partial charge is 0.332 e. The van der Waals surface area contributed by atoms with Gasteiger partial charge in [-0.05, 0) is 38.3 Å². The first-order chi connectivity index (χ1) is 9.91. The highest BCUT2D eigenvalue weighted by Crippen LogP contribution is 2.21. The fraction of sp³-hybridized carbons (Fsp3) is 0.429. The molecule has 2 rings (SSSR count). The summed E-state index contributed by atoms with van der Waals surface area (Å²) >= 11 is 0. The Morgan fingerprint density at radius 2 is 1.90 bits per heavy atom. The van der Waals surface area contributed by atoms with Crippen molar-refractivity contribution in [1.29, 1.82) is 0 Å². The summed E-state index contributed by atoms with van der Waals surface area (Å²) in [5.41, 5.74) is -0.558. The molecule has 1 N–H and O–H groups in total. The lowest BCUT2D eigenvalue weighted by Gasteiger charge is -2.32. The Morgan fingerprint density at radius 3 is 2.57 bits per heavy atom. The molecule has 1 atom stereocenters. The second-order valence-electron chi connectivity index (χ2n) is 5.02. The highest BCUT2D eigenvalue weighted by atomic mass is 19.2. The third-order valence-corrected chi connectivity index (χ3v) is 3.54. The van der Waals surface area contributed by atoms with Gasteiger partial charge in [0.25, 0.3) is 0 Å². The van der Waals surface area contributed by atoms with Crippen molar-refractivity contribution in [3.05, 3.63) is 29.6 Å². The number of hydrogen-bond donors (Lipinski definition) is 1. The first-order valence-corrected chi connectivity index (χ1v) is 6.67. The van der Waals surface area contributed by atoms with Crippen LogP contribution >= 0.6 is 0 Å². The van der Waals surface area contributed by atoms with Crippen molar-refractivity contribution in [2.75, 3.05) is 11.9 Å². The third kappa shape index (κ3) is 3.17. The number of carbonyl (C=O) groups is 2. The summed E-state index contributed by atoms with van der Waals surface area (Å²) < 4.78 is 39.3. The quantitative estimate of drug-likeness (QED) is 0.640. The molecule has 0 bridgehead atoms. The molecule has 1 aromatic rings. The van der Waals surface area contributed by atoms with Gasteiger partial charge in [-0.25, -0.2) is 13.2 Å². The Morgan fingerprint density at radius 1 is 1.19 bits per heavy atom. The number of rotatable bonds is 1. The van der Waals surface area contributed by atoms with Crippen LogP contribution in [0.1, 0.15) is 26.2 Å². The zero-order valence-corrected chi connectivity index (χ0v) is 11.5. The molecule has 1 unspecified atom stereocenters. The number of halogens is 3. The minimum Gasteiger partial charge on any atom is -0.332 e. The van der Waals surface area contributed by atoms with Crippen LogP contribution in [0.25, 0.3) is 0 Å². The van der Waals surface area contributed by atoms with E-state index in [-0.39, 0.29) is 6.04 Å². The number of benzene rings is 1. The number of hydrogen-bond acceptors (Lipinski definition) is 2. The van der Waals surface area contributed by atoms with Crippen LogP contribution in [0.4, 0.5) is 18.9 Å². The van der Waals surface area contributed by atoms with E-state index in [4.69, 9.17) is 0 Å². The van der Waals surface area contributed by atoms with Gasteiger partial charge in [0.2, 0.25) is 0 Å². The van der Waals surface area contributed by atoms with Gasteiger partial charge in [0.15, 0.2) is 17.5 Å². The zero-order chi connectivity index (χ0) is 15.6. The fourth-order valence-electron chi connectivity index (χ4n) is 2.33. The minimum absolute atomic E-state index is 0.0770. The van der Waals surface area contributed by atoms with Gasteiger partial charge in [-0.2, -0.15) is 0 Å². The number of anilines is 1. The summed E-state index contributed by atoms with van der Waals surface area (Å²) in [6.45, 7) is 2.27. The predicted octanol–water partition coefficient (Wildman–Crippen LogP) is 2.44. The summed E-state index contributed by atoms with van der Waals surface area (Å²) in [7, 11) is 0. The maximum Gasteiger partial charge on any atom is 0.313 e. The lowest BCUT2D eigenvalue weighted by Crippen LogP contribution is -2.47. The van der Waals surface area contributed by atoms with Gasteiger partial charge in [0.1, 0.15) is 0 Å². The highest BCUT2D eigenvalue weighted by molar-refractivity contribution is 6.39. The number of nitrogens with zero attached hydrogens (tertiary/aromatic N) is 1. The van der Waals surface area contributed by atoms with E-state index in [9.17, 15) is 22.8 Å². The van der Waals surface area contributed by atoms with E-state index in [1.165, 1.54) is 4.90 Å². The van der Waals surface area contributed by atoms with Crippen LogP contribution < -0.4 is 5.32 Å². The summed E-state index contributed by atoms with van der Waals surface area (Å²) in [6.07, 6.45) is 2.56. The van der Waals surface area contributed by atoms with Crippen LogP contribution in [0.5, 0.6) is 0 Å². The van der Waals surface area contributed by atoms with Gasteiger partial charge in [-0.1, -0.05) is 0 Å². The molecule has 1 aromatic carbocycles. The molecule has 0 radical (unpaired) electrons. The van der Waals surface area contributed by atoms with Gasteiger partial charge < -0.3 is 10.2 Å². The lowest BCUT2D eigenvalue weighted by molar-refractivity contribution is -0.145. The Bertz CT molecular complexity index is 578. The normalized spacial score (nSPS) is 18.5. The first-order valence-electron chi connectivity index (χ1n) is 6.67. The smallest absolute Gasteiger partial charge is 0.313 e. The predicted molar refractivity (Wildman–Crippen MR) is 70.0 cm³/mol. The molecule has 114 valence electrons. The second-order valence-corrected chi connectivity index (χ2v) is 5.02. The number of likely N-dealkylation sites (tertiary alicyclic amines) is 1. The van der Waals surface area contributed by atoms with E-state index >= 15 is 0 Å². The molecule has 21 heavy (non-hydrogen) atoms. The van der Waals surface area contributed by atoms with Gasteiger partial charge in [-0.3, -0.25) is 9.59 Å². The lowest BCUT2D eigenvalue weighted by atomic mass is 10.0. The fourth-order valence-corrected chi connectivity index (χ4v) is 2.33. The van der Waals surface area contributed by atoms with Gasteiger partial charge in [0.05, 0.1) is 5.69 Å². The van der Waals surface area contributed by atoms with Crippen LogP contribution in [0.2, 0.25) is 0 Å². The molecule has 1 heterocycles. The number of amides is 2. The number of carbonyl (C=O) groups excluding carboxylic acids is 2. The van der Waals surface area contributed by atoms with E-state index in [0.29, 0.717) is 12.6 Å². The second kappa shape index (κ2) is 6.15. The average molecular weight is 300 g/mol. The van der Waals surface area contributed by atoms with Crippen molar-refractivity contribution < 1.29 is 22.8 Å². The Balaban J connectivity index is 2.11.